The molecule has 2 heterocycles. The quantitative estimate of drug-likeness (QED) is 0.910. The Balaban J connectivity index is 1.98. The van der Waals surface area contributed by atoms with Gasteiger partial charge in [0.25, 0.3) is 0 Å². The Morgan fingerprint density at radius 3 is 2.80 bits per heavy atom. The molecule has 20 heavy (non-hydrogen) atoms. The molecule has 3 atom stereocenters. The van der Waals surface area contributed by atoms with E-state index in [0.717, 1.165) is 25.2 Å². The summed E-state index contributed by atoms with van der Waals surface area (Å²) in [5, 5.41) is 9.70. The first-order valence-corrected chi connectivity index (χ1v) is 7.42. The van der Waals surface area contributed by atoms with E-state index in [1.165, 1.54) is 5.56 Å². The molecule has 1 N–H and O–H groups in total. The van der Waals surface area contributed by atoms with Crippen molar-refractivity contribution in [3.63, 3.8) is 0 Å². The summed E-state index contributed by atoms with van der Waals surface area (Å²) >= 11 is 0. The summed E-state index contributed by atoms with van der Waals surface area (Å²) in [5.74, 6) is 0.457. The molecule has 4 nitrogen and oxygen atoms in total. The molecule has 1 aromatic rings. The number of benzene rings is 1. The smallest absolute Gasteiger partial charge is 0.223 e. The van der Waals surface area contributed by atoms with Gasteiger partial charge in [0.15, 0.2) is 0 Å². The van der Waals surface area contributed by atoms with Crippen LogP contribution in [0.4, 0.5) is 5.69 Å². The van der Waals surface area contributed by atoms with E-state index in [2.05, 4.69) is 17.9 Å². The Morgan fingerprint density at radius 2 is 2.15 bits per heavy atom. The number of carbonyl (C=O) groups is 1. The fraction of sp³-hybridized carbons (Fsp3) is 0.562. The van der Waals surface area contributed by atoms with Gasteiger partial charge in [-0.1, -0.05) is 25.1 Å². The van der Waals surface area contributed by atoms with Crippen LogP contribution in [-0.2, 0) is 4.79 Å². The summed E-state index contributed by atoms with van der Waals surface area (Å²) < 4.78 is 0. The van der Waals surface area contributed by atoms with Crippen LogP contribution in [0, 0.1) is 0 Å². The maximum Gasteiger partial charge on any atom is 0.223 e. The van der Waals surface area contributed by atoms with E-state index in [4.69, 9.17) is 0 Å². The molecule has 0 spiro atoms. The Bertz CT molecular complexity index is 517. The fourth-order valence-corrected chi connectivity index (χ4v) is 3.85. The predicted molar refractivity (Wildman–Crippen MR) is 78.9 cm³/mol. The van der Waals surface area contributed by atoms with Crippen LogP contribution in [0.3, 0.4) is 0 Å². The van der Waals surface area contributed by atoms with Gasteiger partial charge in [-0.05, 0) is 24.6 Å². The molecule has 0 radical (unpaired) electrons. The molecule has 1 saturated heterocycles. The molecule has 2 aliphatic rings. The van der Waals surface area contributed by atoms with Gasteiger partial charge < -0.3 is 10.0 Å². The van der Waals surface area contributed by atoms with E-state index in [-0.39, 0.29) is 18.6 Å². The van der Waals surface area contributed by atoms with Gasteiger partial charge in [0.2, 0.25) is 5.91 Å². The minimum atomic E-state index is 0.0970. The standard InChI is InChI=1S/C16H22N2O2/c1-3-8-17-14-9-18(11(2)20)13-7-5-4-6-12(13)16(14)15(17)10-19/h4-7,14-16,19H,3,8-10H2,1-2H3/t14-,15-,16+/m1/s1. The lowest BCUT2D eigenvalue weighted by Gasteiger charge is -2.59. The molecule has 0 aromatic heterocycles. The topological polar surface area (TPSA) is 43.8 Å². The van der Waals surface area contributed by atoms with Crippen molar-refractivity contribution in [3.8, 4) is 0 Å². The fourth-order valence-electron chi connectivity index (χ4n) is 3.85. The third kappa shape index (κ3) is 1.86. The largest absolute Gasteiger partial charge is 0.395 e. The Hall–Kier alpha value is -1.39. The summed E-state index contributed by atoms with van der Waals surface area (Å²) in [5.41, 5.74) is 2.24. The van der Waals surface area contributed by atoms with Crippen molar-refractivity contribution in [1.29, 1.82) is 0 Å². The third-order valence-electron chi connectivity index (χ3n) is 4.69. The van der Waals surface area contributed by atoms with E-state index in [1.54, 1.807) is 6.92 Å². The predicted octanol–water partition coefficient (Wildman–Crippen LogP) is 1.59. The molecule has 1 amide bonds. The molecule has 2 aliphatic heterocycles. The lowest BCUT2D eigenvalue weighted by atomic mass is 9.72. The number of nitrogens with zero attached hydrogens (tertiary/aromatic N) is 2. The van der Waals surface area contributed by atoms with Crippen molar-refractivity contribution in [2.75, 3.05) is 24.6 Å². The lowest BCUT2D eigenvalue weighted by molar-refractivity contribution is -0.117. The van der Waals surface area contributed by atoms with E-state index in [1.807, 2.05) is 23.1 Å². The number of hydrogen-bond acceptors (Lipinski definition) is 3. The number of aliphatic hydroxyl groups is 1. The van der Waals surface area contributed by atoms with E-state index < -0.39 is 0 Å². The minimum Gasteiger partial charge on any atom is -0.395 e. The molecule has 0 bridgehead atoms. The molecule has 108 valence electrons. The van der Waals surface area contributed by atoms with Crippen molar-refractivity contribution in [2.24, 2.45) is 0 Å². The van der Waals surface area contributed by atoms with Crippen LogP contribution in [0.2, 0.25) is 0 Å². The Labute approximate surface area is 120 Å². The lowest BCUT2D eigenvalue weighted by Crippen LogP contribution is -2.69. The van der Waals surface area contributed by atoms with Crippen LogP contribution in [0.15, 0.2) is 24.3 Å². The molecule has 0 aliphatic carbocycles. The van der Waals surface area contributed by atoms with Gasteiger partial charge in [-0.2, -0.15) is 0 Å². The minimum absolute atomic E-state index is 0.0970. The van der Waals surface area contributed by atoms with E-state index in [9.17, 15) is 9.90 Å². The van der Waals surface area contributed by atoms with Crippen LogP contribution in [0.25, 0.3) is 0 Å². The number of fused-ring (bicyclic) bond motifs is 3. The monoisotopic (exact) mass is 274 g/mol. The van der Waals surface area contributed by atoms with E-state index >= 15 is 0 Å². The van der Waals surface area contributed by atoms with Crippen molar-refractivity contribution < 1.29 is 9.90 Å². The number of carbonyl (C=O) groups excluding carboxylic acids is 1. The highest BCUT2D eigenvalue weighted by Crippen LogP contribution is 2.47. The normalized spacial score (nSPS) is 28.6. The average molecular weight is 274 g/mol. The molecular weight excluding hydrogens is 252 g/mol. The van der Waals surface area contributed by atoms with Gasteiger partial charge in [-0.3, -0.25) is 9.69 Å². The second kappa shape index (κ2) is 5.19. The highest BCUT2D eigenvalue weighted by molar-refractivity contribution is 5.93. The van der Waals surface area contributed by atoms with E-state index in [0.29, 0.717) is 12.0 Å². The number of anilines is 1. The number of amides is 1. The highest BCUT2D eigenvalue weighted by Gasteiger charge is 2.52. The Kier molecular flexibility index (Phi) is 3.52. The molecule has 1 fully saturated rings. The van der Waals surface area contributed by atoms with Crippen molar-refractivity contribution in [3.05, 3.63) is 29.8 Å². The summed E-state index contributed by atoms with van der Waals surface area (Å²) in [7, 11) is 0. The first-order valence-electron chi connectivity index (χ1n) is 7.42. The maximum absolute atomic E-state index is 11.9. The molecule has 1 aromatic carbocycles. The van der Waals surface area contributed by atoms with Gasteiger partial charge in [0.05, 0.1) is 6.61 Å². The van der Waals surface area contributed by atoms with Crippen LogP contribution in [0.1, 0.15) is 31.7 Å². The third-order valence-corrected chi connectivity index (χ3v) is 4.69. The Morgan fingerprint density at radius 1 is 1.40 bits per heavy atom. The van der Waals surface area contributed by atoms with Crippen molar-refractivity contribution in [2.45, 2.75) is 38.3 Å². The van der Waals surface area contributed by atoms with Gasteiger partial charge in [-0.15, -0.1) is 0 Å². The SMILES string of the molecule is CCCN1[C@H](CO)[C@H]2c3ccccc3N(C(C)=O)C[C@H]21. The molecule has 0 unspecified atom stereocenters. The number of para-hydroxylation sites is 1. The van der Waals surface area contributed by atoms with Crippen LogP contribution in [-0.4, -0.2) is 47.7 Å². The summed E-state index contributed by atoms with van der Waals surface area (Å²) in [6, 6.07) is 8.68. The zero-order chi connectivity index (χ0) is 14.3. The number of aliphatic hydroxyl groups excluding tert-OH is 1. The summed E-state index contributed by atoms with van der Waals surface area (Å²) in [6.07, 6.45) is 1.07. The van der Waals surface area contributed by atoms with Crippen LogP contribution >= 0.6 is 0 Å². The zero-order valence-corrected chi connectivity index (χ0v) is 12.1. The van der Waals surface area contributed by atoms with Gasteiger partial charge in [0.1, 0.15) is 0 Å². The average Bonchev–Trinajstić information content (AvgIpc) is 2.44. The summed E-state index contributed by atoms with van der Waals surface area (Å²) in [4.78, 5) is 16.2. The number of likely N-dealkylation sites (tertiary alicyclic amines) is 1. The van der Waals surface area contributed by atoms with Crippen molar-refractivity contribution in [1.82, 2.24) is 4.90 Å². The number of rotatable bonds is 3. The molecule has 4 heteroatoms. The van der Waals surface area contributed by atoms with Crippen molar-refractivity contribution >= 4 is 11.6 Å². The first kappa shape index (κ1) is 13.6. The summed E-state index contributed by atoms with van der Waals surface area (Å²) in [6.45, 7) is 5.70. The second-order valence-corrected chi connectivity index (χ2v) is 5.77. The van der Waals surface area contributed by atoms with Crippen LogP contribution < -0.4 is 4.90 Å². The van der Waals surface area contributed by atoms with Gasteiger partial charge >= 0.3 is 0 Å². The first-order chi connectivity index (χ1) is 9.69. The second-order valence-electron chi connectivity index (χ2n) is 5.77. The van der Waals surface area contributed by atoms with Crippen LogP contribution in [0.5, 0.6) is 0 Å². The molecule has 3 rings (SSSR count). The maximum atomic E-state index is 11.9. The molecular formula is C16H22N2O2. The zero-order valence-electron chi connectivity index (χ0n) is 12.1. The number of hydrogen-bond donors (Lipinski definition) is 1. The molecule has 0 saturated carbocycles. The highest BCUT2D eigenvalue weighted by atomic mass is 16.3. The van der Waals surface area contributed by atoms with Gasteiger partial charge in [0, 0.05) is 37.2 Å². The van der Waals surface area contributed by atoms with Gasteiger partial charge in [-0.25, -0.2) is 0 Å².